The molecule has 3 N–H and O–H groups in total. The summed E-state index contributed by atoms with van der Waals surface area (Å²) in [5.74, 6) is -2.13. The van der Waals surface area contributed by atoms with Gasteiger partial charge in [-0.15, -0.1) is 0 Å². The van der Waals surface area contributed by atoms with E-state index in [0.717, 1.165) is 12.1 Å². The summed E-state index contributed by atoms with van der Waals surface area (Å²) in [5.41, 5.74) is 0.813. The number of benzene rings is 1. The first-order chi connectivity index (χ1) is 9.49. The zero-order chi connectivity index (χ0) is 14.7. The van der Waals surface area contributed by atoms with Crippen LogP contribution >= 0.6 is 15.9 Å². The molecule has 7 heteroatoms. The first kappa shape index (κ1) is 14.4. The Morgan fingerprint density at radius 1 is 1.35 bits per heavy atom. The maximum absolute atomic E-state index is 13.6. The number of rotatable bonds is 4. The number of nitrogens with zero attached hydrogens (tertiary/aromatic N) is 1. The van der Waals surface area contributed by atoms with Crippen LogP contribution in [0, 0.1) is 17.0 Å². The Hall–Kier alpha value is -2.02. The molecule has 2 aromatic rings. The number of hydrogen-bond acceptors (Lipinski definition) is 4. The minimum Gasteiger partial charge on any atom is -0.508 e. The van der Waals surface area contributed by atoms with Crippen molar-refractivity contribution in [2.75, 3.05) is 5.32 Å². The maximum atomic E-state index is 13.6. The molecule has 1 aromatic carbocycles. The molecule has 4 nitrogen and oxygen atoms in total. The van der Waals surface area contributed by atoms with Gasteiger partial charge in [0.25, 0.3) is 0 Å². The van der Waals surface area contributed by atoms with Gasteiger partial charge in [-0.1, -0.05) is 0 Å². The lowest BCUT2D eigenvalue weighted by atomic mass is 10.1. The summed E-state index contributed by atoms with van der Waals surface area (Å²) >= 11 is 3.02. The molecule has 104 valence electrons. The summed E-state index contributed by atoms with van der Waals surface area (Å²) in [6, 6.07) is 3.29. The lowest BCUT2D eigenvalue weighted by molar-refractivity contribution is 0.457. The third kappa shape index (κ3) is 3.11. The molecule has 0 spiro atoms. The summed E-state index contributed by atoms with van der Waals surface area (Å²) in [7, 11) is 0. The largest absolute Gasteiger partial charge is 0.508 e. The number of pyridine rings is 1. The van der Waals surface area contributed by atoms with E-state index in [9.17, 15) is 8.78 Å². The van der Waals surface area contributed by atoms with Gasteiger partial charge in [0.2, 0.25) is 0 Å². The van der Waals surface area contributed by atoms with Crippen molar-refractivity contribution in [2.24, 2.45) is 0 Å². The van der Waals surface area contributed by atoms with Crippen molar-refractivity contribution in [1.82, 2.24) is 4.98 Å². The predicted octanol–water partition coefficient (Wildman–Crippen LogP) is 3.40. The fourth-order valence-electron chi connectivity index (χ4n) is 1.67. The molecule has 0 fully saturated rings. The molecule has 1 aromatic heterocycles. The van der Waals surface area contributed by atoms with Gasteiger partial charge < -0.3 is 10.4 Å². The molecule has 0 amide bonds. The highest BCUT2D eigenvalue weighted by atomic mass is 79.9. The van der Waals surface area contributed by atoms with Crippen LogP contribution in [-0.4, -0.2) is 14.7 Å². The van der Waals surface area contributed by atoms with Gasteiger partial charge in [0.1, 0.15) is 22.0 Å². The standard InChI is InChI=1S/C13H10BrF2N3O/c14-13(17)9-5-18-2-1-12(9)19-6-8-10(15)3-7(20)4-11(8)16/h1-5,17,20H,6H2,(H,18,19). The third-order valence-corrected chi connectivity index (χ3v) is 3.07. The highest BCUT2D eigenvalue weighted by molar-refractivity contribution is 9.18. The minimum absolute atomic E-state index is 0.111. The van der Waals surface area contributed by atoms with Gasteiger partial charge in [-0.2, -0.15) is 0 Å². The highest BCUT2D eigenvalue weighted by Gasteiger charge is 2.12. The average Bonchev–Trinajstić information content (AvgIpc) is 2.37. The van der Waals surface area contributed by atoms with Crippen molar-refractivity contribution in [3.05, 3.63) is 53.4 Å². The maximum Gasteiger partial charge on any atom is 0.134 e. The van der Waals surface area contributed by atoms with Gasteiger partial charge in [-0.25, -0.2) is 8.78 Å². The predicted molar refractivity (Wildman–Crippen MR) is 75.3 cm³/mol. The number of nitrogens with one attached hydrogen (secondary N) is 2. The van der Waals surface area contributed by atoms with Crippen LogP contribution in [0.1, 0.15) is 11.1 Å². The molecule has 20 heavy (non-hydrogen) atoms. The molecule has 0 radical (unpaired) electrons. The van der Waals surface area contributed by atoms with E-state index in [4.69, 9.17) is 10.5 Å². The lowest BCUT2D eigenvalue weighted by Gasteiger charge is -2.11. The molecule has 0 unspecified atom stereocenters. The van der Waals surface area contributed by atoms with Crippen LogP contribution in [0.15, 0.2) is 30.6 Å². The first-order valence-corrected chi connectivity index (χ1v) is 6.37. The fourth-order valence-corrected chi connectivity index (χ4v) is 1.98. The van der Waals surface area contributed by atoms with E-state index in [0.29, 0.717) is 11.3 Å². The van der Waals surface area contributed by atoms with E-state index in [1.54, 1.807) is 6.07 Å². The zero-order valence-corrected chi connectivity index (χ0v) is 11.7. The average molecular weight is 342 g/mol. The number of halogens is 3. The van der Waals surface area contributed by atoms with Crippen molar-refractivity contribution >= 4 is 26.2 Å². The Bertz CT molecular complexity index is 641. The summed E-state index contributed by atoms with van der Waals surface area (Å²) in [6.45, 7) is -0.116. The molecule has 0 aliphatic carbocycles. The summed E-state index contributed by atoms with van der Waals surface area (Å²) in [5, 5.41) is 19.4. The Morgan fingerprint density at radius 3 is 2.60 bits per heavy atom. The Balaban J connectivity index is 2.24. The van der Waals surface area contributed by atoms with Crippen LogP contribution in [0.5, 0.6) is 5.75 Å². The topological polar surface area (TPSA) is 69.0 Å². The van der Waals surface area contributed by atoms with Gasteiger partial charge in [0.15, 0.2) is 0 Å². The second kappa shape index (κ2) is 5.96. The molecule has 1 heterocycles. The molecular formula is C13H10BrF2N3O. The number of aromatic nitrogens is 1. The second-order valence-electron chi connectivity index (χ2n) is 3.98. The van der Waals surface area contributed by atoms with Crippen LogP contribution in [-0.2, 0) is 6.54 Å². The van der Waals surface area contributed by atoms with Crippen molar-refractivity contribution in [2.45, 2.75) is 6.54 Å². The van der Waals surface area contributed by atoms with Gasteiger partial charge in [-0.05, 0) is 22.0 Å². The van der Waals surface area contributed by atoms with Gasteiger partial charge in [0.05, 0.1) is 0 Å². The SMILES string of the molecule is N=C(Br)c1cnccc1NCc1c(F)cc(O)cc1F. The number of hydrogen-bond donors (Lipinski definition) is 3. The zero-order valence-electron chi connectivity index (χ0n) is 10.1. The number of aromatic hydroxyl groups is 1. The van der Waals surface area contributed by atoms with Crippen molar-refractivity contribution in [3.63, 3.8) is 0 Å². The van der Waals surface area contributed by atoms with E-state index < -0.39 is 17.4 Å². The molecule has 0 saturated carbocycles. The van der Waals surface area contributed by atoms with E-state index in [-0.39, 0.29) is 16.7 Å². The fraction of sp³-hybridized carbons (Fsp3) is 0.0769. The normalized spacial score (nSPS) is 10.3. The minimum atomic E-state index is -0.834. The molecule has 0 aliphatic rings. The Kier molecular flexibility index (Phi) is 4.29. The summed E-state index contributed by atoms with van der Waals surface area (Å²) in [4.78, 5) is 3.88. The first-order valence-electron chi connectivity index (χ1n) is 5.58. The summed E-state index contributed by atoms with van der Waals surface area (Å²) < 4.78 is 27.2. The van der Waals surface area contributed by atoms with Gasteiger partial charge in [-0.3, -0.25) is 10.4 Å². The molecule has 0 atom stereocenters. The van der Waals surface area contributed by atoms with Crippen LogP contribution in [0.2, 0.25) is 0 Å². The monoisotopic (exact) mass is 341 g/mol. The number of phenols is 1. The van der Waals surface area contributed by atoms with Gasteiger partial charge >= 0.3 is 0 Å². The quantitative estimate of drug-likeness (QED) is 0.746. The van der Waals surface area contributed by atoms with Crippen LogP contribution < -0.4 is 5.32 Å². The van der Waals surface area contributed by atoms with E-state index in [1.807, 2.05) is 0 Å². The van der Waals surface area contributed by atoms with Crippen LogP contribution in [0.4, 0.5) is 14.5 Å². The molecule has 0 bridgehead atoms. The Morgan fingerprint density at radius 2 is 2.00 bits per heavy atom. The van der Waals surface area contributed by atoms with Crippen LogP contribution in [0.3, 0.4) is 0 Å². The third-order valence-electron chi connectivity index (χ3n) is 2.64. The van der Waals surface area contributed by atoms with Crippen molar-refractivity contribution in [1.29, 1.82) is 5.41 Å². The molecule has 0 aliphatic heterocycles. The van der Waals surface area contributed by atoms with E-state index in [2.05, 4.69) is 26.2 Å². The van der Waals surface area contributed by atoms with Crippen molar-refractivity contribution < 1.29 is 13.9 Å². The molecule has 2 rings (SSSR count). The van der Waals surface area contributed by atoms with E-state index >= 15 is 0 Å². The lowest BCUT2D eigenvalue weighted by Crippen LogP contribution is -2.07. The molecular weight excluding hydrogens is 332 g/mol. The van der Waals surface area contributed by atoms with E-state index in [1.165, 1.54) is 12.4 Å². The van der Waals surface area contributed by atoms with Crippen LogP contribution in [0.25, 0.3) is 0 Å². The van der Waals surface area contributed by atoms with Gasteiger partial charge in [0, 0.05) is 47.9 Å². The number of phenolic OH excluding ortho intramolecular Hbond substituents is 1. The number of anilines is 1. The highest BCUT2D eigenvalue weighted by Crippen LogP contribution is 2.22. The smallest absolute Gasteiger partial charge is 0.134 e. The second-order valence-corrected chi connectivity index (χ2v) is 4.77. The molecule has 0 saturated heterocycles. The summed E-state index contributed by atoms with van der Waals surface area (Å²) in [6.07, 6.45) is 2.97. The van der Waals surface area contributed by atoms with Crippen molar-refractivity contribution in [3.8, 4) is 5.75 Å². The Labute approximate surface area is 122 Å².